The van der Waals surface area contributed by atoms with Crippen LogP contribution in [0.4, 0.5) is 5.82 Å². The minimum absolute atomic E-state index is 0.141. The monoisotopic (exact) mass is 407 g/mol. The van der Waals surface area contributed by atoms with Crippen molar-refractivity contribution >= 4 is 23.5 Å². The zero-order chi connectivity index (χ0) is 21.1. The fourth-order valence-corrected chi connectivity index (χ4v) is 4.04. The number of nitrogen functional groups attached to an aromatic ring is 1. The molecule has 2 aliphatic rings. The number of fused-ring (bicyclic) bond motifs is 1. The lowest BCUT2D eigenvalue weighted by Gasteiger charge is -2.29. The number of benzene rings is 1. The average molecular weight is 407 g/mol. The van der Waals surface area contributed by atoms with E-state index in [-0.39, 0.29) is 24.1 Å². The first-order chi connectivity index (χ1) is 14.5. The third-order valence-electron chi connectivity index (χ3n) is 5.66. The summed E-state index contributed by atoms with van der Waals surface area (Å²) in [6.45, 7) is 1.88. The molecule has 1 aromatic carbocycles. The van der Waals surface area contributed by atoms with E-state index in [4.69, 9.17) is 5.73 Å². The third kappa shape index (κ3) is 4.18. The number of amides is 3. The van der Waals surface area contributed by atoms with Crippen molar-refractivity contribution in [2.75, 3.05) is 12.3 Å². The minimum atomic E-state index is -0.586. The lowest BCUT2D eigenvalue weighted by Crippen LogP contribution is -2.52. The Morgan fingerprint density at radius 1 is 1.20 bits per heavy atom. The van der Waals surface area contributed by atoms with Gasteiger partial charge in [0, 0.05) is 31.3 Å². The number of nitrogens with one attached hydrogen (secondary N) is 2. The number of aromatic nitrogens is 1. The molecular weight excluding hydrogens is 382 g/mol. The number of aryl methyl sites for hydroxylation is 1. The Morgan fingerprint density at radius 3 is 2.83 bits per heavy atom. The summed E-state index contributed by atoms with van der Waals surface area (Å²) in [4.78, 5) is 42.2. The highest BCUT2D eigenvalue weighted by Crippen LogP contribution is 2.29. The summed E-state index contributed by atoms with van der Waals surface area (Å²) >= 11 is 0. The summed E-state index contributed by atoms with van der Waals surface area (Å²) in [5.41, 5.74) is 9.42. The molecule has 156 valence electrons. The molecule has 1 unspecified atom stereocenters. The fourth-order valence-electron chi connectivity index (χ4n) is 4.04. The Kier molecular flexibility index (Phi) is 5.76. The largest absolute Gasteiger partial charge is 0.384 e. The molecule has 2 aliphatic heterocycles. The number of anilines is 1. The van der Waals surface area contributed by atoms with Crippen LogP contribution in [0, 0.1) is 0 Å². The van der Waals surface area contributed by atoms with E-state index in [0.717, 1.165) is 36.1 Å². The van der Waals surface area contributed by atoms with Crippen molar-refractivity contribution < 1.29 is 14.4 Å². The number of nitrogens with zero attached hydrogens (tertiary/aromatic N) is 2. The molecular formula is C22H25N5O3. The smallest absolute Gasteiger partial charge is 0.255 e. The number of hydrogen-bond donors (Lipinski definition) is 3. The van der Waals surface area contributed by atoms with E-state index in [1.165, 1.54) is 0 Å². The number of rotatable bonds is 7. The molecule has 1 saturated heterocycles. The van der Waals surface area contributed by atoms with Crippen LogP contribution < -0.4 is 16.4 Å². The number of carbonyl (C=O) groups excluding carboxylic acids is 3. The van der Waals surface area contributed by atoms with Crippen molar-refractivity contribution in [2.45, 2.75) is 44.8 Å². The molecule has 1 fully saturated rings. The Labute approximate surface area is 174 Å². The maximum atomic E-state index is 12.9. The first-order valence-electron chi connectivity index (χ1n) is 10.2. The Balaban J connectivity index is 1.34. The summed E-state index contributed by atoms with van der Waals surface area (Å²) in [7, 11) is 0. The molecule has 1 aromatic heterocycles. The second-order valence-electron chi connectivity index (χ2n) is 7.71. The van der Waals surface area contributed by atoms with E-state index < -0.39 is 6.04 Å². The number of carbonyl (C=O) groups is 3. The van der Waals surface area contributed by atoms with E-state index >= 15 is 0 Å². The molecule has 3 amide bonds. The van der Waals surface area contributed by atoms with E-state index in [1.807, 2.05) is 18.2 Å². The van der Waals surface area contributed by atoms with Gasteiger partial charge in [0.2, 0.25) is 11.8 Å². The Hall–Kier alpha value is -3.26. The predicted octanol–water partition coefficient (Wildman–Crippen LogP) is 1.15. The second-order valence-corrected chi connectivity index (χ2v) is 7.71. The van der Waals surface area contributed by atoms with Gasteiger partial charge in [0.15, 0.2) is 0 Å². The molecule has 0 saturated carbocycles. The number of piperidine rings is 1. The van der Waals surface area contributed by atoms with Crippen LogP contribution in [0.15, 0.2) is 36.5 Å². The van der Waals surface area contributed by atoms with Gasteiger partial charge in [-0.2, -0.15) is 0 Å². The minimum Gasteiger partial charge on any atom is -0.384 e. The first kappa shape index (κ1) is 20.0. The van der Waals surface area contributed by atoms with Crippen LogP contribution in [-0.2, 0) is 29.1 Å². The highest BCUT2D eigenvalue weighted by atomic mass is 16.2. The number of imide groups is 1. The van der Waals surface area contributed by atoms with Gasteiger partial charge in [-0.05, 0) is 54.6 Å². The highest BCUT2D eigenvalue weighted by molar-refractivity contribution is 6.05. The van der Waals surface area contributed by atoms with Crippen LogP contribution in [0.2, 0.25) is 0 Å². The van der Waals surface area contributed by atoms with Crippen molar-refractivity contribution in [3.63, 3.8) is 0 Å². The van der Waals surface area contributed by atoms with Gasteiger partial charge in [-0.1, -0.05) is 18.2 Å². The summed E-state index contributed by atoms with van der Waals surface area (Å²) in [5, 5.41) is 5.78. The predicted molar refractivity (Wildman–Crippen MR) is 111 cm³/mol. The Bertz CT molecular complexity index is 973. The molecule has 4 rings (SSSR count). The van der Waals surface area contributed by atoms with E-state index in [2.05, 4.69) is 15.6 Å². The number of nitrogens with two attached hydrogens (primary N) is 1. The average Bonchev–Trinajstić information content (AvgIpc) is 3.06. The van der Waals surface area contributed by atoms with Gasteiger partial charge in [-0.15, -0.1) is 0 Å². The van der Waals surface area contributed by atoms with Crippen molar-refractivity contribution in [1.29, 1.82) is 0 Å². The molecule has 8 nitrogen and oxygen atoms in total. The summed E-state index contributed by atoms with van der Waals surface area (Å²) in [5.74, 6) is -0.280. The van der Waals surface area contributed by atoms with E-state index in [0.29, 0.717) is 30.9 Å². The maximum Gasteiger partial charge on any atom is 0.255 e. The van der Waals surface area contributed by atoms with Gasteiger partial charge in [-0.25, -0.2) is 4.98 Å². The Morgan fingerprint density at radius 2 is 2.07 bits per heavy atom. The van der Waals surface area contributed by atoms with Crippen LogP contribution in [0.3, 0.4) is 0 Å². The van der Waals surface area contributed by atoms with Gasteiger partial charge >= 0.3 is 0 Å². The molecule has 0 spiro atoms. The molecule has 30 heavy (non-hydrogen) atoms. The number of hydrogen-bond acceptors (Lipinski definition) is 6. The van der Waals surface area contributed by atoms with Crippen LogP contribution in [0.1, 0.15) is 46.3 Å². The molecule has 0 aliphatic carbocycles. The molecule has 8 heteroatoms. The second kappa shape index (κ2) is 8.62. The lowest BCUT2D eigenvalue weighted by atomic mass is 10.0. The maximum absolute atomic E-state index is 12.9. The topological polar surface area (TPSA) is 117 Å². The quantitative estimate of drug-likeness (QED) is 0.468. The van der Waals surface area contributed by atoms with Crippen LogP contribution >= 0.6 is 0 Å². The third-order valence-corrected chi connectivity index (χ3v) is 5.66. The van der Waals surface area contributed by atoms with Gasteiger partial charge in [0.1, 0.15) is 11.9 Å². The molecule has 0 radical (unpaired) electrons. The van der Waals surface area contributed by atoms with Crippen molar-refractivity contribution in [3.8, 4) is 0 Å². The number of pyridine rings is 1. The molecule has 3 heterocycles. The van der Waals surface area contributed by atoms with Crippen molar-refractivity contribution in [3.05, 3.63) is 58.8 Å². The highest BCUT2D eigenvalue weighted by Gasteiger charge is 2.39. The van der Waals surface area contributed by atoms with Crippen molar-refractivity contribution in [1.82, 2.24) is 20.5 Å². The molecule has 4 N–H and O–H groups in total. The molecule has 0 bridgehead atoms. The normalized spacial score (nSPS) is 18.5. The van der Waals surface area contributed by atoms with Gasteiger partial charge in [0.05, 0.1) is 0 Å². The van der Waals surface area contributed by atoms with Crippen molar-refractivity contribution in [2.24, 2.45) is 0 Å². The van der Waals surface area contributed by atoms with Crippen LogP contribution in [-0.4, -0.2) is 40.2 Å². The van der Waals surface area contributed by atoms with Gasteiger partial charge in [-0.3, -0.25) is 19.7 Å². The first-order valence-corrected chi connectivity index (χ1v) is 10.2. The van der Waals surface area contributed by atoms with Crippen LogP contribution in [0.5, 0.6) is 0 Å². The summed E-state index contributed by atoms with van der Waals surface area (Å²) in [6, 6.07) is 8.90. The van der Waals surface area contributed by atoms with E-state index in [9.17, 15) is 14.4 Å². The zero-order valence-electron chi connectivity index (χ0n) is 16.7. The molecule has 1 atom stereocenters. The fraction of sp³-hybridized carbons (Fsp3) is 0.364. The molecule has 2 aromatic rings. The van der Waals surface area contributed by atoms with Gasteiger partial charge < -0.3 is 16.0 Å². The van der Waals surface area contributed by atoms with Crippen LogP contribution in [0.25, 0.3) is 0 Å². The van der Waals surface area contributed by atoms with E-state index in [1.54, 1.807) is 23.2 Å². The summed E-state index contributed by atoms with van der Waals surface area (Å²) < 4.78 is 0. The lowest BCUT2D eigenvalue weighted by molar-refractivity contribution is -0.136. The standard InChI is InChI=1S/C22H25N5O3/c23-19-8-6-14(11-25-19)3-2-10-24-12-15-4-1-5-16-17(15)13-27(22(16)30)18-7-9-20(28)26-21(18)29/h1,4-6,8,11,18,24H,2-3,7,9-10,12-13H2,(H2,23,25)(H,26,28,29). The van der Waals surface area contributed by atoms with Gasteiger partial charge in [0.25, 0.3) is 5.91 Å². The summed E-state index contributed by atoms with van der Waals surface area (Å²) in [6.07, 6.45) is 4.30. The zero-order valence-corrected chi connectivity index (χ0v) is 16.7. The SMILES string of the molecule is Nc1ccc(CCCNCc2cccc3c2CN(C2CCC(=O)NC2=O)C3=O)cn1.